The molecule has 2 aromatic rings. The fourth-order valence-corrected chi connectivity index (χ4v) is 3.71. The summed E-state index contributed by atoms with van der Waals surface area (Å²) in [5, 5.41) is 2.97. The van der Waals surface area contributed by atoms with Crippen molar-refractivity contribution < 1.29 is 14.0 Å². The maximum atomic E-state index is 13.9. The predicted octanol–water partition coefficient (Wildman–Crippen LogP) is 3.52. The van der Waals surface area contributed by atoms with Gasteiger partial charge in [0, 0.05) is 33.1 Å². The van der Waals surface area contributed by atoms with Gasteiger partial charge in [-0.3, -0.25) is 9.59 Å². The van der Waals surface area contributed by atoms with E-state index in [0.717, 1.165) is 18.4 Å². The van der Waals surface area contributed by atoms with Gasteiger partial charge in [-0.1, -0.05) is 42.5 Å². The summed E-state index contributed by atoms with van der Waals surface area (Å²) < 4.78 is 13.9. The standard InChI is InChI=1S/C23H28FN3O2/c1-26(20-13-6-5-12-19(20)24)16-9-15-25-23(29)22(18-10-3-2-4-11-18)27-17-8-7-14-21(27)28/h2-6,10-13,22H,7-9,14-17H2,1H3,(H,25,29). The van der Waals surface area contributed by atoms with E-state index in [9.17, 15) is 14.0 Å². The number of hydrogen-bond acceptors (Lipinski definition) is 3. The molecule has 0 saturated carbocycles. The summed E-state index contributed by atoms with van der Waals surface area (Å²) in [7, 11) is 1.83. The fourth-order valence-electron chi connectivity index (χ4n) is 3.71. The number of piperidine rings is 1. The number of benzene rings is 2. The van der Waals surface area contributed by atoms with Gasteiger partial charge in [-0.25, -0.2) is 4.39 Å². The van der Waals surface area contributed by atoms with Crippen molar-refractivity contribution in [3.63, 3.8) is 0 Å². The maximum Gasteiger partial charge on any atom is 0.247 e. The van der Waals surface area contributed by atoms with Crippen LogP contribution in [0.3, 0.4) is 0 Å². The van der Waals surface area contributed by atoms with E-state index in [4.69, 9.17) is 0 Å². The van der Waals surface area contributed by atoms with Gasteiger partial charge in [0.25, 0.3) is 0 Å². The summed E-state index contributed by atoms with van der Waals surface area (Å²) in [5.41, 5.74) is 1.36. The van der Waals surface area contributed by atoms with Gasteiger partial charge in [0.15, 0.2) is 0 Å². The Morgan fingerprint density at radius 2 is 1.86 bits per heavy atom. The highest BCUT2D eigenvalue weighted by molar-refractivity contribution is 5.89. The zero-order valence-electron chi connectivity index (χ0n) is 16.8. The molecule has 0 radical (unpaired) electrons. The van der Waals surface area contributed by atoms with Gasteiger partial charge >= 0.3 is 0 Å². The molecule has 2 aromatic carbocycles. The average molecular weight is 397 g/mol. The molecule has 0 spiro atoms. The summed E-state index contributed by atoms with van der Waals surface area (Å²) >= 11 is 0. The van der Waals surface area contributed by atoms with Crippen molar-refractivity contribution >= 4 is 17.5 Å². The van der Waals surface area contributed by atoms with Crippen LogP contribution in [0.2, 0.25) is 0 Å². The third-order valence-corrected chi connectivity index (χ3v) is 5.27. The van der Waals surface area contributed by atoms with Gasteiger partial charge in [0.1, 0.15) is 11.9 Å². The van der Waals surface area contributed by atoms with Crippen molar-refractivity contribution in [2.45, 2.75) is 31.7 Å². The highest BCUT2D eigenvalue weighted by atomic mass is 19.1. The molecule has 3 rings (SSSR count). The Hall–Kier alpha value is -2.89. The molecule has 1 N–H and O–H groups in total. The second-order valence-corrected chi connectivity index (χ2v) is 7.38. The lowest BCUT2D eigenvalue weighted by molar-refractivity contribution is -0.142. The van der Waals surface area contributed by atoms with E-state index in [1.54, 1.807) is 23.1 Å². The van der Waals surface area contributed by atoms with Crippen LogP contribution in [0.15, 0.2) is 54.6 Å². The molecular weight excluding hydrogens is 369 g/mol. The van der Waals surface area contributed by atoms with Gasteiger partial charge in [0.05, 0.1) is 5.69 Å². The third kappa shape index (κ3) is 5.34. The summed E-state index contributed by atoms with van der Waals surface area (Å²) in [5.74, 6) is -0.397. The molecule has 5 nitrogen and oxygen atoms in total. The van der Waals surface area contributed by atoms with Gasteiger partial charge < -0.3 is 15.1 Å². The monoisotopic (exact) mass is 397 g/mol. The normalized spacial score (nSPS) is 15.1. The first-order valence-electron chi connectivity index (χ1n) is 10.2. The summed E-state index contributed by atoms with van der Waals surface area (Å²) in [4.78, 5) is 28.9. The third-order valence-electron chi connectivity index (χ3n) is 5.27. The van der Waals surface area contributed by atoms with Gasteiger partial charge in [0.2, 0.25) is 11.8 Å². The molecule has 2 amide bonds. The zero-order valence-corrected chi connectivity index (χ0v) is 16.8. The van der Waals surface area contributed by atoms with Crippen molar-refractivity contribution in [2.75, 3.05) is 31.6 Å². The van der Waals surface area contributed by atoms with Crippen molar-refractivity contribution in [3.05, 3.63) is 66.0 Å². The quantitative estimate of drug-likeness (QED) is 0.694. The Balaban J connectivity index is 1.59. The lowest BCUT2D eigenvalue weighted by atomic mass is 10.0. The number of carbonyl (C=O) groups is 2. The van der Waals surface area contributed by atoms with E-state index in [0.29, 0.717) is 38.2 Å². The average Bonchev–Trinajstić information content (AvgIpc) is 2.74. The smallest absolute Gasteiger partial charge is 0.247 e. The van der Waals surface area contributed by atoms with Crippen molar-refractivity contribution in [3.8, 4) is 0 Å². The highest BCUT2D eigenvalue weighted by Gasteiger charge is 2.32. The molecule has 1 fully saturated rings. The molecule has 154 valence electrons. The van der Waals surface area contributed by atoms with Crippen LogP contribution in [0.1, 0.15) is 37.3 Å². The Labute approximate surface area is 171 Å². The highest BCUT2D eigenvalue weighted by Crippen LogP contribution is 2.25. The molecular formula is C23H28FN3O2. The summed E-state index contributed by atoms with van der Waals surface area (Å²) in [6.07, 6.45) is 2.95. The molecule has 1 saturated heterocycles. The molecule has 1 atom stereocenters. The number of anilines is 1. The first-order chi connectivity index (χ1) is 14.1. The molecule has 1 unspecified atom stereocenters. The molecule has 0 aliphatic carbocycles. The van der Waals surface area contributed by atoms with Crippen molar-refractivity contribution in [2.24, 2.45) is 0 Å². The van der Waals surface area contributed by atoms with Crippen molar-refractivity contribution in [1.82, 2.24) is 10.2 Å². The number of rotatable bonds is 8. The maximum absolute atomic E-state index is 13.9. The van der Waals surface area contributed by atoms with Crippen molar-refractivity contribution in [1.29, 1.82) is 0 Å². The molecule has 29 heavy (non-hydrogen) atoms. The number of halogens is 1. The van der Waals surface area contributed by atoms with E-state index >= 15 is 0 Å². The number of hydrogen-bond donors (Lipinski definition) is 1. The van der Waals surface area contributed by atoms with Crippen LogP contribution < -0.4 is 10.2 Å². The number of carbonyl (C=O) groups excluding carboxylic acids is 2. The SMILES string of the molecule is CN(CCCNC(=O)C(c1ccccc1)N1CCCCC1=O)c1ccccc1F. The number of likely N-dealkylation sites (tertiary alicyclic amines) is 1. The minimum absolute atomic E-state index is 0.0274. The van der Waals surface area contributed by atoms with E-state index in [1.807, 2.05) is 42.3 Å². The van der Waals surface area contributed by atoms with Crippen LogP contribution in [-0.4, -0.2) is 43.4 Å². The second-order valence-electron chi connectivity index (χ2n) is 7.38. The van der Waals surface area contributed by atoms with Crippen LogP contribution in [-0.2, 0) is 9.59 Å². The van der Waals surface area contributed by atoms with E-state index in [2.05, 4.69) is 5.32 Å². The first kappa shape index (κ1) is 20.8. The molecule has 1 aliphatic rings. The Morgan fingerprint density at radius 1 is 1.14 bits per heavy atom. The van der Waals surface area contributed by atoms with Gasteiger partial charge in [-0.05, 0) is 37.0 Å². The lowest BCUT2D eigenvalue weighted by Gasteiger charge is -2.34. The molecule has 0 bridgehead atoms. The van der Waals surface area contributed by atoms with Crippen LogP contribution in [0, 0.1) is 5.82 Å². The van der Waals surface area contributed by atoms with Crippen LogP contribution >= 0.6 is 0 Å². The van der Waals surface area contributed by atoms with E-state index in [-0.39, 0.29) is 17.6 Å². The van der Waals surface area contributed by atoms with E-state index < -0.39 is 6.04 Å². The predicted molar refractivity (Wildman–Crippen MR) is 112 cm³/mol. The van der Waals surface area contributed by atoms with E-state index in [1.165, 1.54) is 6.07 Å². The number of nitrogens with one attached hydrogen (secondary N) is 1. The van der Waals surface area contributed by atoms with Crippen LogP contribution in [0.25, 0.3) is 0 Å². The lowest BCUT2D eigenvalue weighted by Crippen LogP contribution is -2.46. The number of nitrogens with zero attached hydrogens (tertiary/aromatic N) is 2. The molecule has 6 heteroatoms. The zero-order chi connectivity index (χ0) is 20.6. The van der Waals surface area contributed by atoms with Gasteiger partial charge in [-0.15, -0.1) is 0 Å². The molecule has 1 aliphatic heterocycles. The Morgan fingerprint density at radius 3 is 2.59 bits per heavy atom. The minimum Gasteiger partial charge on any atom is -0.372 e. The Bertz CT molecular complexity index is 828. The van der Waals surface area contributed by atoms with Crippen LogP contribution in [0.4, 0.5) is 10.1 Å². The molecule has 0 aromatic heterocycles. The number of para-hydroxylation sites is 1. The molecule has 1 heterocycles. The first-order valence-corrected chi connectivity index (χ1v) is 10.2. The van der Waals surface area contributed by atoms with Gasteiger partial charge in [-0.2, -0.15) is 0 Å². The largest absolute Gasteiger partial charge is 0.372 e. The fraction of sp³-hybridized carbons (Fsp3) is 0.391. The van der Waals surface area contributed by atoms with Crippen LogP contribution in [0.5, 0.6) is 0 Å². The number of amides is 2. The minimum atomic E-state index is -0.603. The summed E-state index contributed by atoms with van der Waals surface area (Å²) in [6.45, 7) is 1.67. The summed E-state index contributed by atoms with van der Waals surface area (Å²) in [6, 6.07) is 15.5. The second kappa shape index (κ2) is 10.0. The Kier molecular flexibility index (Phi) is 7.22. The topological polar surface area (TPSA) is 52.7 Å².